The molecule has 1 aromatic carbocycles. The van der Waals surface area contributed by atoms with Crippen LogP contribution in [0.2, 0.25) is 0 Å². The lowest BCUT2D eigenvalue weighted by Crippen LogP contribution is -2.45. The Balaban J connectivity index is 2.07. The van der Waals surface area contributed by atoms with Crippen LogP contribution in [0, 0.1) is 0 Å². The highest BCUT2D eigenvalue weighted by Gasteiger charge is 2.19. The van der Waals surface area contributed by atoms with Crippen molar-refractivity contribution in [3.63, 3.8) is 0 Å². The maximum atomic E-state index is 11.9. The van der Waals surface area contributed by atoms with Gasteiger partial charge in [0.15, 0.2) is 0 Å². The second-order valence-electron chi connectivity index (χ2n) is 5.60. The van der Waals surface area contributed by atoms with Gasteiger partial charge < -0.3 is 9.73 Å². The number of hydrogen-bond donors (Lipinski definition) is 2. The minimum atomic E-state index is -0.276. The maximum Gasteiger partial charge on any atom is 0.237 e. The van der Waals surface area contributed by atoms with E-state index in [0.29, 0.717) is 0 Å². The molecule has 2 rings (SSSR count). The van der Waals surface area contributed by atoms with E-state index < -0.39 is 0 Å². The average Bonchev–Trinajstić information content (AvgIpc) is 2.80. The van der Waals surface area contributed by atoms with Crippen LogP contribution >= 0.6 is 15.9 Å². The fraction of sp³-hybridized carbons (Fsp3) is 0.438. The number of benzene rings is 1. The van der Waals surface area contributed by atoms with Gasteiger partial charge in [0.1, 0.15) is 11.3 Å². The lowest BCUT2D eigenvalue weighted by molar-refractivity contribution is -0.123. The Kier molecular flexibility index (Phi) is 5.06. The Hall–Kier alpha value is -1.33. The molecule has 1 heterocycles. The quantitative estimate of drug-likeness (QED) is 0.861. The predicted molar refractivity (Wildman–Crippen MR) is 88.2 cm³/mol. The van der Waals surface area contributed by atoms with Crippen LogP contribution in [0.5, 0.6) is 0 Å². The van der Waals surface area contributed by atoms with Gasteiger partial charge in [-0.15, -0.1) is 0 Å². The monoisotopic (exact) mass is 352 g/mol. The van der Waals surface area contributed by atoms with Gasteiger partial charge in [0.25, 0.3) is 0 Å². The van der Waals surface area contributed by atoms with E-state index in [-0.39, 0.29) is 24.0 Å². The van der Waals surface area contributed by atoms with Crippen LogP contribution in [0.3, 0.4) is 0 Å². The first-order valence-electron chi connectivity index (χ1n) is 7.12. The van der Waals surface area contributed by atoms with Gasteiger partial charge in [0.05, 0.1) is 12.1 Å². The molecule has 2 aromatic rings. The number of carbonyl (C=O) groups excluding carboxylic acids is 1. The van der Waals surface area contributed by atoms with Gasteiger partial charge in [-0.05, 0) is 52.0 Å². The Morgan fingerprint density at radius 2 is 1.90 bits per heavy atom. The standard InChI is InChI=1S/C16H21BrN2O2/c1-9(2)18-16(20)11(4)19-10(3)15-8-12-7-13(17)5-6-14(12)21-15/h5-11,19H,1-4H3,(H,18,20). The molecule has 0 saturated heterocycles. The molecule has 0 bridgehead atoms. The first-order chi connectivity index (χ1) is 9.86. The second kappa shape index (κ2) is 6.62. The molecule has 2 N–H and O–H groups in total. The normalized spacial score (nSPS) is 14.4. The van der Waals surface area contributed by atoms with Gasteiger partial charge in [-0.2, -0.15) is 0 Å². The molecule has 0 radical (unpaired) electrons. The Morgan fingerprint density at radius 3 is 2.57 bits per heavy atom. The summed E-state index contributed by atoms with van der Waals surface area (Å²) < 4.78 is 6.85. The highest BCUT2D eigenvalue weighted by atomic mass is 79.9. The molecule has 0 aliphatic carbocycles. The van der Waals surface area contributed by atoms with Crippen LogP contribution in [-0.2, 0) is 4.79 Å². The Morgan fingerprint density at radius 1 is 1.19 bits per heavy atom. The zero-order valence-corrected chi connectivity index (χ0v) is 14.3. The molecular formula is C16H21BrN2O2. The van der Waals surface area contributed by atoms with E-state index >= 15 is 0 Å². The molecule has 5 heteroatoms. The zero-order valence-electron chi connectivity index (χ0n) is 12.7. The van der Waals surface area contributed by atoms with E-state index in [1.807, 2.05) is 52.0 Å². The zero-order chi connectivity index (χ0) is 15.6. The van der Waals surface area contributed by atoms with Crippen molar-refractivity contribution in [3.05, 3.63) is 34.5 Å². The summed E-state index contributed by atoms with van der Waals surface area (Å²) in [5.41, 5.74) is 0.848. The summed E-state index contributed by atoms with van der Waals surface area (Å²) in [5, 5.41) is 7.20. The first-order valence-corrected chi connectivity index (χ1v) is 7.91. The van der Waals surface area contributed by atoms with Gasteiger partial charge in [-0.1, -0.05) is 15.9 Å². The molecule has 2 atom stereocenters. The fourth-order valence-electron chi connectivity index (χ4n) is 2.19. The number of furan rings is 1. The summed E-state index contributed by atoms with van der Waals surface area (Å²) in [5.74, 6) is 0.822. The molecular weight excluding hydrogens is 332 g/mol. The van der Waals surface area contributed by atoms with E-state index in [2.05, 4.69) is 26.6 Å². The minimum Gasteiger partial charge on any atom is -0.459 e. The molecule has 2 unspecified atom stereocenters. The van der Waals surface area contributed by atoms with Crippen LogP contribution in [-0.4, -0.2) is 18.0 Å². The van der Waals surface area contributed by atoms with Gasteiger partial charge >= 0.3 is 0 Å². The topological polar surface area (TPSA) is 54.3 Å². The first kappa shape index (κ1) is 16.0. The third-order valence-corrected chi connectivity index (χ3v) is 3.74. The molecule has 0 spiro atoms. The second-order valence-corrected chi connectivity index (χ2v) is 6.52. The summed E-state index contributed by atoms with van der Waals surface area (Å²) in [4.78, 5) is 11.9. The summed E-state index contributed by atoms with van der Waals surface area (Å²) in [6.07, 6.45) is 0. The van der Waals surface area contributed by atoms with Crippen LogP contribution in [0.4, 0.5) is 0 Å². The molecule has 0 fully saturated rings. The average molecular weight is 353 g/mol. The Bertz CT molecular complexity index is 636. The van der Waals surface area contributed by atoms with Crippen molar-refractivity contribution in [2.24, 2.45) is 0 Å². The molecule has 4 nitrogen and oxygen atoms in total. The number of halogens is 1. The van der Waals surface area contributed by atoms with Crippen molar-refractivity contribution in [3.8, 4) is 0 Å². The van der Waals surface area contributed by atoms with Gasteiger partial charge in [-0.3, -0.25) is 10.1 Å². The number of amides is 1. The summed E-state index contributed by atoms with van der Waals surface area (Å²) in [7, 11) is 0. The van der Waals surface area contributed by atoms with E-state index in [4.69, 9.17) is 4.42 Å². The molecule has 0 saturated carbocycles. The number of hydrogen-bond acceptors (Lipinski definition) is 3. The van der Waals surface area contributed by atoms with Gasteiger partial charge in [-0.25, -0.2) is 0 Å². The fourth-order valence-corrected chi connectivity index (χ4v) is 2.57. The van der Waals surface area contributed by atoms with Crippen molar-refractivity contribution in [1.29, 1.82) is 0 Å². The van der Waals surface area contributed by atoms with E-state index in [9.17, 15) is 4.79 Å². The summed E-state index contributed by atoms with van der Waals surface area (Å²) in [6, 6.07) is 7.73. The molecule has 0 aliphatic rings. The molecule has 1 amide bonds. The molecule has 0 aliphatic heterocycles. The smallest absolute Gasteiger partial charge is 0.237 e. The SMILES string of the molecule is CC(C)NC(=O)C(C)NC(C)c1cc2cc(Br)ccc2o1. The summed E-state index contributed by atoms with van der Waals surface area (Å²) in [6.45, 7) is 7.75. The van der Waals surface area contributed by atoms with E-state index in [1.165, 1.54) is 0 Å². The minimum absolute atomic E-state index is 0.00398. The van der Waals surface area contributed by atoms with E-state index in [0.717, 1.165) is 21.2 Å². The lowest BCUT2D eigenvalue weighted by atomic mass is 10.2. The van der Waals surface area contributed by atoms with Crippen molar-refractivity contribution < 1.29 is 9.21 Å². The predicted octanol–water partition coefficient (Wildman–Crippen LogP) is 3.76. The lowest BCUT2D eigenvalue weighted by Gasteiger charge is -2.19. The van der Waals surface area contributed by atoms with Crippen LogP contribution in [0.15, 0.2) is 33.2 Å². The van der Waals surface area contributed by atoms with E-state index in [1.54, 1.807) is 0 Å². The van der Waals surface area contributed by atoms with Crippen LogP contribution < -0.4 is 10.6 Å². The number of carbonyl (C=O) groups is 1. The van der Waals surface area contributed by atoms with Crippen molar-refractivity contribution in [2.45, 2.75) is 45.8 Å². The molecule has 114 valence electrons. The molecule has 21 heavy (non-hydrogen) atoms. The van der Waals surface area contributed by atoms with Gasteiger partial charge in [0, 0.05) is 15.9 Å². The number of nitrogens with one attached hydrogen (secondary N) is 2. The van der Waals surface area contributed by atoms with Crippen molar-refractivity contribution in [2.75, 3.05) is 0 Å². The summed E-state index contributed by atoms with van der Waals surface area (Å²) >= 11 is 3.45. The number of rotatable bonds is 5. The molecule has 1 aromatic heterocycles. The highest BCUT2D eigenvalue weighted by Crippen LogP contribution is 2.26. The third-order valence-electron chi connectivity index (χ3n) is 3.25. The maximum absolute atomic E-state index is 11.9. The third kappa shape index (κ3) is 4.08. The van der Waals surface area contributed by atoms with Crippen LogP contribution in [0.25, 0.3) is 11.0 Å². The van der Waals surface area contributed by atoms with Crippen LogP contribution in [0.1, 0.15) is 39.5 Å². The van der Waals surface area contributed by atoms with Crippen molar-refractivity contribution in [1.82, 2.24) is 10.6 Å². The van der Waals surface area contributed by atoms with Gasteiger partial charge in [0.2, 0.25) is 5.91 Å². The largest absolute Gasteiger partial charge is 0.459 e. The Labute approximate surface area is 133 Å². The highest BCUT2D eigenvalue weighted by molar-refractivity contribution is 9.10. The van der Waals surface area contributed by atoms with Crippen molar-refractivity contribution >= 4 is 32.8 Å². The number of fused-ring (bicyclic) bond motifs is 1.